The summed E-state index contributed by atoms with van der Waals surface area (Å²) in [5.74, 6) is 0.802. The van der Waals surface area contributed by atoms with Crippen molar-refractivity contribution in [1.29, 1.82) is 0 Å². The Bertz CT molecular complexity index is 581. The molecular formula is C15H18N2O2S. The Morgan fingerprint density at radius 2 is 2.30 bits per heavy atom. The summed E-state index contributed by atoms with van der Waals surface area (Å²) in [6, 6.07) is 7.57. The summed E-state index contributed by atoms with van der Waals surface area (Å²) in [6.07, 6.45) is 1.21. The van der Waals surface area contributed by atoms with Gasteiger partial charge in [0.05, 0.1) is 24.7 Å². The Hall–Kier alpha value is -1.88. The maximum absolute atomic E-state index is 11.9. The predicted molar refractivity (Wildman–Crippen MR) is 80.3 cm³/mol. The van der Waals surface area contributed by atoms with Crippen molar-refractivity contribution in [1.82, 2.24) is 10.3 Å². The molecule has 106 valence electrons. The van der Waals surface area contributed by atoms with Gasteiger partial charge in [0, 0.05) is 17.8 Å². The van der Waals surface area contributed by atoms with E-state index in [-0.39, 0.29) is 5.91 Å². The summed E-state index contributed by atoms with van der Waals surface area (Å²) in [7, 11) is 1.62. The second-order valence-electron chi connectivity index (χ2n) is 4.49. The first-order valence-corrected chi connectivity index (χ1v) is 7.35. The average Bonchev–Trinajstić information content (AvgIpc) is 2.85. The smallest absolute Gasteiger partial charge is 0.224 e. The Balaban J connectivity index is 1.79. The molecule has 0 spiro atoms. The van der Waals surface area contributed by atoms with E-state index in [2.05, 4.69) is 10.3 Å². The number of amides is 1. The minimum atomic E-state index is 0.0282. The van der Waals surface area contributed by atoms with Gasteiger partial charge in [-0.15, -0.1) is 11.3 Å². The quantitative estimate of drug-likeness (QED) is 0.888. The van der Waals surface area contributed by atoms with E-state index in [0.29, 0.717) is 13.0 Å². The summed E-state index contributed by atoms with van der Waals surface area (Å²) in [5.41, 5.74) is 3.84. The fourth-order valence-corrected chi connectivity index (χ4v) is 2.69. The second-order valence-corrected chi connectivity index (χ2v) is 5.43. The van der Waals surface area contributed by atoms with Crippen LogP contribution in [0, 0.1) is 6.92 Å². The molecule has 0 aliphatic heterocycles. The zero-order valence-corrected chi connectivity index (χ0v) is 12.5. The van der Waals surface area contributed by atoms with Gasteiger partial charge in [0.1, 0.15) is 5.75 Å². The van der Waals surface area contributed by atoms with Crippen LogP contribution in [0.2, 0.25) is 0 Å². The molecule has 5 heteroatoms. The molecule has 4 nitrogen and oxygen atoms in total. The van der Waals surface area contributed by atoms with Crippen molar-refractivity contribution in [3.63, 3.8) is 0 Å². The van der Waals surface area contributed by atoms with E-state index in [9.17, 15) is 4.79 Å². The number of carbonyl (C=O) groups excluding carboxylic acids is 1. The number of aryl methyl sites for hydroxylation is 1. The predicted octanol–water partition coefficient (Wildman–Crippen LogP) is 2.36. The topological polar surface area (TPSA) is 51.2 Å². The van der Waals surface area contributed by atoms with Gasteiger partial charge in [0.2, 0.25) is 5.91 Å². The molecule has 0 bridgehead atoms. The highest BCUT2D eigenvalue weighted by atomic mass is 32.1. The lowest BCUT2D eigenvalue weighted by Gasteiger charge is -2.06. The van der Waals surface area contributed by atoms with Gasteiger partial charge in [0.25, 0.3) is 0 Å². The lowest BCUT2D eigenvalue weighted by molar-refractivity contribution is -0.120. The summed E-state index contributed by atoms with van der Waals surface area (Å²) in [4.78, 5) is 17.3. The SMILES string of the molecule is COc1cccc(CC(=O)NCCc2scnc2C)c1. The Labute approximate surface area is 122 Å². The first kappa shape index (κ1) is 14.5. The van der Waals surface area contributed by atoms with Gasteiger partial charge >= 0.3 is 0 Å². The number of hydrogen-bond donors (Lipinski definition) is 1. The normalized spacial score (nSPS) is 10.3. The lowest BCUT2D eigenvalue weighted by atomic mass is 10.1. The zero-order valence-electron chi connectivity index (χ0n) is 11.7. The maximum atomic E-state index is 11.9. The molecule has 0 aliphatic rings. The first-order chi connectivity index (χ1) is 9.69. The summed E-state index contributed by atoms with van der Waals surface area (Å²) in [5, 5.41) is 2.93. The fraction of sp³-hybridized carbons (Fsp3) is 0.333. The number of ether oxygens (including phenoxy) is 1. The molecule has 2 aromatic rings. The monoisotopic (exact) mass is 290 g/mol. The molecule has 0 saturated heterocycles. The van der Waals surface area contributed by atoms with Crippen molar-refractivity contribution in [2.24, 2.45) is 0 Å². The molecule has 0 atom stereocenters. The van der Waals surface area contributed by atoms with Crippen LogP contribution in [0.3, 0.4) is 0 Å². The molecule has 20 heavy (non-hydrogen) atoms. The van der Waals surface area contributed by atoms with Crippen molar-refractivity contribution >= 4 is 17.2 Å². The first-order valence-electron chi connectivity index (χ1n) is 6.47. The lowest BCUT2D eigenvalue weighted by Crippen LogP contribution is -2.27. The van der Waals surface area contributed by atoms with E-state index < -0.39 is 0 Å². The number of hydrogen-bond acceptors (Lipinski definition) is 4. The molecule has 1 amide bonds. The molecule has 0 fully saturated rings. The Morgan fingerprint density at radius 1 is 1.45 bits per heavy atom. The van der Waals surface area contributed by atoms with E-state index in [1.54, 1.807) is 18.4 Å². The minimum absolute atomic E-state index is 0.0282. The number of aromatic nitrogens is 1. The van der Waals surface area contributed by atoms with Crippen molar-refractivity contribution in [2.75, 3.05) is 13.7 Å². The van der Waals surface area contributed by atoms with Crippen molar-refractivity contribution in [2.45, 2.75) is 19.8 Å². The highest BCUT2D eigenvalue weighted by Crippen LogP contribution is 2.13. The number of rotatable bonds is 6. The standard InChI is InChI=1S/C15H18N2O2S/c1-11-14(20-10-17-11)6-7-16-15(18)9-12-4-3-5-13(8-12)19-2/h3-5,8,10H,6-7,9H2,1-2H3,(H,16,18). The third kappa shape index (κ3) is 4.06. The molecule has 2 rings (SSSR count). The molecule has 0 unspecified atom stereocenters. The Kier molecular flexibility index (Phi) is 5.12. The molecule has 1 heterocycles. The minimum Gasteiger partial charge on any atom is -0.497 e. The van der Waals surface area contributed by atoms with Crippen LogP contribution in [0.4, 0.5) is 0 Å². The second kappa shape index (κ2) is 7.05. The highest BCUT2D eigenvalue weighted by molar-refractivity contribution is 7.09. The zero-order chi connectivity index (χ0) is 14.4. The molecule has 1 N–H and O–H groups in total. The van der Waals surface area contributed by atoms with Gasteiger partial charge in [-0.25, -0.2) is 4.98 Å². The van der Waals surface area contributed by atoms with Crippen LogP contribution in [0.25, 0.3) is 0 Å². The average molecular weight is 290 g/mol. The fourth-order valence-electron chi connectivity index (χ4n) is 1.91. The largest absolute Gasteiger partial charge is 0.497 e. The van der Waals surface area contributed by atoms with Crippen LogP contribution in [0.1, 0.15) is 16.1 Å². The van der Waals surface area contributed by atoms with Gasteiger partial charge in [-0.3, -0.25) is 4.79 Å². The molecule has 1 aromatic carbocycles. The number of nitrogens with one attached hydrogen (secondary N) is 1. The van der Waals surface area contributed by atoms with Crippen LogP contribution in [-0.2, 0) is 17.6 Å². The van der Waals surface area contributed by atoms with E-state index in [1.807, 2.05) is 36.7 Å². The van der Waals surface area contributed by atoms with E-state index >= 15 is 0 Å². The van der Waals surface area contributed by atoms with Gasteiger partial charge in [-0.05, 0) is 24.6 Å². The number of methoxy groups -OCH3 is 1. The number of benzene rings is 1. The van der Waals surface area contributed by atoms with Crippen LogP contribution in [-0.4, -0.2) is 24.5 Å². The van der Waals surface area contributed by atoms with Crippen molar-refractivity contribution in [3.8, 4) is 5.75 Å². The third-order valence-electron chi connectivity index (χ3n) is 3.02. The number of thiazole rings is 1. The van der Waals surface area contributed by atoms with Crippen molar-refractivity contribution < 1.29 is 9.53 Å². The van der Waals surface area contributed by atoms with Gasteiger partial charge in [-0.2, -0.15) is 0 Å². The van der Waals surface area contributed by atoms with E-state index in [4.69, 9.17) is 4.74 Å². The summed E-state index contributed by atoms with van der Waals surface area (Å²) < 4.78 is 5.14. The van der Waals surface area contributed by atoms with Crippen LogP contribution >= 0.6 is 11.3 Å². The molecule has 0 aliphatic carbocycles. The van der Waals surface area contributed by atoms with E-state index in [0.717, 1.165) is 23.4 Å². The maximum Gasteiger partial charge on any atom is 0.224 e. The summed E-state index contributed by atoms with van der Waals surface area (Å²) in [6.45, 7) is 2.63. The number of nitrogens with zero attached hydrogens (tertiary/aromatic N) is 1. The Morgan fingerprint density at radius 3 is 3.00 bits per heavy atom. The molecule has 0 radical (unpaired) electrons. The molecule has 1 aromatic heterocycles. The summed E-state index contributed by atoms with van der Waals surface area (Å²) >= 11 is 1.63. The third-order valence-corrected chi connectivity index (χ3v) is 4.01. The number of carbonyl (C=O) groups is 1. The van der Waals surface area contributed by atoms with Gasteiger partial charge in [-0.1, -0.05) is 12.1 Å². The molecular weight excluding hydrogens is 272 g/mol. The van der Waals surface area contributed by atoms with Crippen LogP contribution in [0.5, 0.6) is 5.75 Å². The highest BCUT2D eigenvalue weighted by Gasteiger charge is 2.05. The molecule has 0 saturated carbocycles. The van der Waals surface area contributed by atoms with Crippen LogP contribution in [0.15, 0.2) is 29.8 Å². The van der Waals surface area contributed by atoms with Crippen molar-refractivity contribution in [3.05, 3.63) is 45.9 Å². The van der Waals surface area contributed by atoms with E-state index in [1.165, 1.54) is 4.88 Å². The van der Waals surface area contributed by atoms with Crippen LogP contribution < -0.4 is 10.1 Å². The van der Waals surface area contributed by atoms with Gasteiger partial charge in [0.15, 0.2) is 0 Å². The van der Waals surface area contributed by atoms with Gasteiger partial charge < -0.3 is 10.1 Å².